The Morgan fingerprint density at radius 1 is 0.935 bits per heavy atom. The lowest BCUT2D eigenvalue weighted by Gasteiger charge is -2.30. The van der Waals surface area contributed by atoms with Gasteiger partial charge in [0.2, 0.25) is 5.91 Å². The summed E-state index contributed by atoms with van der Waals surface area (Å²) < 4.78 is 31.7. The van der Waals surface area contributed by atoms with Crippen molar-refractivity contribution in [2.45, 2.75) is 97.1 Å². The Labute approximate surface area is 268 Å². The van der Waals surface area contributed by atoms with Gasteiger partial charge in [0.15, 0.2) is 0 Å². The maximum atomic E-state index is 15.9. The number of carbonyl (C=O) groups is 2. The minimum atomic E-state index is -1.21. The number of carboxylic acid groups (broad SMARTS) is 1. The van der Waals surface area contributed by atoms with E-state index < -0.39 is 36.2 Å². The smallest absolute Gasteiger partial charge is 0.305 e. The zero-order chi connectivity index (χ0) is 33.0. The fourth-order valence-electron chi connectivity index (χ4n) is 6.76. The Balaban J connectivity index is 1.58. The number of nitrogens with one attached hydrogen (secondary N) is 1. The van der Waals surface area contributed by atoms with Crippen molar-refractivity contribution in [3.05, 3.63) is 85.8 Å². The third-order valence-electron chi connectivity index (χ3n) is 9.34. The molecule has 8 nitrogen and oxygen atoms in total. The zero-order valence-corrected chi connectivity index (χ0v) is 27.0. The number of nitrogens with zero attached hydrogens (tertiary/aromatic N) is 3. The summed E-state index contributed by atoms with van der Waals surface area (Å²) in [5, 5.41) is 17.3. The number of rotatable bonds is 6. The SMILES string of the molecule is Cc1cc2cc(c1F)[C@H](CC(=O)O)NC(=O)[C@@H](n1nc(CCN3CCC3)cc(C)c1=O)CCCCCCCc1cc(F)cc(C)c1-2. The van der Waals surface area contributed by atoms with Gasteiger partial charge in [-0.25, -0.2) is 13.5 Å². The molecule has 5 rings (SSSR count). The number of halogens is 2. The van der Waals surface area contributed by atoms with Crippen molar-refractivity contribution >= 4 is 11.9 Å². The lowest BCUT2D eigenvalue weighted by Crippen LogP contribution is -2.42. The quantitative estimate of drug-likeness (QED) is 0.338. The van der Waals surface area contributed by atoms with Crippen molar-refractivity contribution in [2.24, 2.45) is 0 Å². The average molecular weight is 635 g/mol. The van der Waals surface area contributed by atoms with Gasteiger partial charge in [-0.15, -0.1) is 0 Å². The van der Waals surface area contributed by atoms with E-state index in [9.17, 15) is 23.9 Å². The monoisotopic (exact) mass is 634 g/mol. The largest absolute Gasteiger partial charge is 0.481 e. The van der Waals surface area contributed by atoms with Crippen molar-refractivity contribution in [3.63, 3.8) is 0 Å². The summed E-state index contributed by atoms with van der Waals surface area (Å²) in [7, 11) is 0. The van der Waals surface area contributed by atoms with Crippen LogP contribution in [0.5, 0.6) is 0 Å². The molecule has 2 bridgehead atoms. The summed E-state index contributed by atoms with van der Waals surface area (Å²) in [5.74, 6) is -2.74. The second-order valence-electron chi connectivity index (χ2n) is 12.9. The number of fused-ring (bicyclic) bond motifs is 4. The van der Waals surface area contributed by atoms with Crippen molar-refractivity contribution in [1.82, 2.24) is 20.0 Å². The Kier molecular flexibility index (Phi) is 10.7. The lowest BCUT2D eigenvalue weighted by atomic mass is 9.88. The number of aromatic nitrogens is 2. The molecule has 2 atom stereocenters. The van der Waals surface area contributed by atoms with E-state index in [4.69, 9.17) is 0 Å². The predicted molar refractivity (Wildman–Crippen MR) is 173 cm³/mol. The number of aryl methyl sites for hydroxylation is 4. The van der Waals surface area contributed by atoms with Crippen LogP contribution in [0.1, 0.15) is 97.0 Å². The first kappa shape index (κ1) is 33.4. The van der Waals surface area contributed by atoms with Gasteiger partial charge in [0, 0.05) is 24.1 Å². The van der Waals surface area contributed by atoms with E-state index in [-0.39, 0.29) is 22.5 Å². The number of amides is 1. The molecule has 2 N–H and O–H groups in total. The first-order chi connectivity index (χ1) is 22.0. The van der Waals surface area contributed by atoms with Gasteiger partial charge in [-0.2, -0.15) is 5.10 Å². The van der Waals surface area contributed by atoms with Gasteiger partial charge in [0.1, 0.15) is 17.7 Å². The second kappa shape index (κ2) is 14.7. The van der Waals surface area contributed by atoms with E-state index in [0.29, 0.717) is 48.1 Å². The van der Waals surface area contributed by atoms with Crippen LogP contribution in [-0.4, -0.2) is 51.3 Å². The molecule has 1 saturated heterocycles. The minimum Gasteiger partial charge on any atom is -0.481 e. The van der Waals surface area contributed by atoms with Gasteiger partial charge in [0.05, 0.1) is 18.2 Å². The van der Waals surface area contributed by atoms with E-state index >= 15 is 4.39 Å². The number of carbonyl (C=O) groups excluding carboxylic acids is 1. The van der Waals surface area contributed by atoms with Crippen LogP contribution in [0.4, 0.5) is 8.78 Å². The third kappa shape index (κ3) is 7.71. The molecular formula is C36H44F2N4O4. The number of hydrogen-bond acceptors (Lipinski definition) is 5. The van der Waals surface area contributed by atoms with Gasteiger partial charge in [-0.05, 0) is 118 Å². The molecule has 0 radical (unpaired) electrons. The maximum Gasteiger partial charge on any atom is 0.305 e. The molecule has 0 aliphatic carbocycles. The molecule has 3 aromatic rings. The van der Waals surface area contributed by atoms with E-state index in [0.717, 1.165) is 56.4 Å². The zero-order valence-electron chi connectivity index (χ0n) is 27.0. The molecule has 0 unspecified atom stereocenters. The average Bonchev–Trinajstić information content (AvgIpc) is 2.96. The molecule has 1 fully saturated rings. The molecule has 246 valence electrons. The van der Waals surface area contributed by atoms with E-state index in [2.05, 4.69) is 15.3 Å². The number of benzene rings is 2. The highest BCUT2D eigenvalue weighted by Gasteiger charge is 2.30. The van der Waals surface area contributed by atoms with Crippen LogP contribution in [0, 0.1) is 32.4 Å². The highest BCUT2D eigenvalue weighted by molar-refractivity contribution is 5.82. The first-order valence-corrected chi connectivity index (χ1v) is 16.4. The summed E-state index contributed by atoms with van der Waals surface area (Å²) in [6, 6.07) is 5.80. The highest BCUT2D eigenvalue weighted by atomic mass is 19.1. The van der Waals surface area contributed by atoms with Gasteiger partial charge in [0.25, 0.3) is 5.56 Å². The summed E-state index contributed by atoms with van der Waals surface area (Å²) >= 11 is 0. The molecule has 2 aromatic carbocycles. The molecule has 1 aromatic heterocycles. The van der Waals surface area contributed by atoms with Crippen LogP contribution in [0.3, 0.4) is 0 Å². The molecule has 1 amide bonds. The molecule has 0 spiro atoms. The van der Waals surface area contributed by atoms with Gasteiger partial charge >= 0.3 is 5.97 Å². The maximum absolute atomic E-state index is 15.9. The molecule has 2 aliphatic heterocycles. The van der Waals surface area contributed by atoms with Crippen molar-refractivity contribution in [3.8, 4) is 11.1 Å². The standard InChI is InChI=1S/C36H44F2N4O4/c1-22-17-27(37)19-25-10-7-5-4-6-8-11-31(42-36(46)24(3)18-28(40-42)12-15-41-13-9-14-41)35(45)39-30(21-32(43)44)29-20-26(33(22)25)16-23(2)34(29)38/h16-20,30-31H,4-15,21H2,1-3H3,(H,39,45)(H,43,44)/t30-,31-/m0/s1. The predicted octanol–water partition coefficient (Wildman–Crippen LogP) is 6.13. The summed E-state index contributed by atoms with van der Waals surface area (Å²) in [5.41, 5.74) is 4.08. The fraction of sp³-hybridized carbons (Fsp3) is 0.500. The van der Waals surface area contributed by atoms with Crippen LogP contribution < -0.4 is 10.9 Å². The summed E-state index contributed by atoms with van der Waals surface area (Å²) in [4.78, 5) is 41.9. The van der Waals surface area contributed by atoms with Crippen LogP contribution in [0.15, 0.2) is 35.1 Å². The van der Waals surface area contributed by atoms with E-state index in [1.807, 2.05) is 6.92 Å². The number of likely N-dealkylation sites (tertiary alicyclic amines) is 1. The second-order valence-corrected chi connectivity index (χ2v) is 12.9. The van der Waals surface area contributed by atoms with Gasteiger partial charge in [-0.3, -0.25) is 14.4 Å². The Morgan fingerprint density at radius 2 is 1.67 bits per heavy atom. The fourth-order valence-corrected chi connectivity index (χ4v) is 6.76. The molecule has 3 heterocycles. The molecular weight excluding hydrogens is 590 g/mol. The van der Waals surface area contributed by atoms with Crippen molar-refractivity contribution < 1.29 is 23.5 Å². The third-order valence-corrected chi connectivity index (χ3v) is 9.34. The number of aliphatic carboxylic acids is 1. The van der Waals surface area contributed by atoms with Crippen molar-refractivity contribution in [1.29, 1.82) is 0 Å². The van der Waals surface area contributed by atoms with E-state index in [1.165, 1.54) is 23.2 Å². The topological polar surface area (TPSA) is 105 Å². The van der Waals surface area contributed by atoms with Crippen LogP contribution >= 0.6 is 0 Å². The summed E-state index contributed by atoms with van der Waals surface area (Å²) in [6.45, 7) is 8.00. The molecule has 0 saturated carbocycles. The van der Waals surface area contributed by atoms with Crippen LogP contribution in [-0.2, 0) is 22.4 Å². The van der Waals surface area contributed by atoms with Gasteiger partial charge in [-0.1, -0.05) is 25.7 Å². The number of hydrogen-bond donors (Lipinski definition) is 2. The van der Waals surface area contributed by atoms with Gasteiger partial charge < -0.3 is 15.3 Å². The first-order valence-electron chi connectivity index (χ1n) is 16.4. The molecule has 2 aliphatic rings. The Bertz CT molecular complexity index is 1670. The van der Waals surface area contributed by atoms with E-state index in [1.54, 1.807) is 32.0 Å². The summed E-state index contributed by atoms with van der Waals surface area (Å²) in [6.07, 6.45) is 6.28. The molecule has 10 heteroatoms. The normalized spacial score (nSPS) is 19.6. The lowest BCUT2D eigenvalue weighted by molar-refractivity contribution is -0.138. The van der Waals surface area contributed by atoms with Crippen LogP contribution in [0.25, 0.3) is 11.1 Å². The highest BCUT2D eigenvalue weighted by Crippen LogP contribution is 2.35. The Hall–Kier alpha value is -3.92. The Morgan fingerprint density at radius 3 is 2.39 bits per heavy atom. The van der Waals surface area contributed by atoms with Crippen molar-refractivity contribution in [2.75, 3.05) is 19.6 Å². The van der Waals surface area contributed by atoms with Crippen LogP contribution in [0.2, 0.25) is 0 Å². The molecule has 46 heavy (non-hydrogen) atoms. The number of carboxylic acids is 1. The minimum absolute atomic E-state index is 0.0334.